The lowest BCUT2D eigenvalue weighted by Crippen LogP contribution is -2.49. The number of anilines is 2. The van der Waals surface area contributed by atoms with Gasteiger partial charge in [-0.05, 0) is 12.1 Å². The van der Waals surface area contributed by atoms with Gasteiger partial charge in [0.05, 0.1) is 5.69 Å². The lowest BCUT2D eigenvalue weighted by molar-refractivity contribution is 0.171. The van der Waals surface area contributed by atoms with Gasteiger partial charge in [0.15, 0.2) is 11.5 Å². The molecule has 6 nitrogen and oxygen atoms in total. The third-order valence-electron chi connectivity index (χ3n) is 3.34. The standard InChI is InChI=1S/C12H18N4O2/c13-9-1-2-10-12(18-8-7-17-10)11(9)15-3-5-16(14)6-4-15/h1-2H,3-8,13-14H2. The Hall–Kier alpha value is -1.66. The van der Waals surface area contributed by atoms with Gasteiger partial charge in [-0.3, -0.25) is 5.84 Å². The molecular weight excluding hydrogens is 232 g/mol. The normalized spacial score (nSPS) is 19.9. The van der Waals surface area contributed by atoms with Crippen LogP contribution in [0.1, 0.15) is 0 Å². The number of benzene rings is 1. The third kappa shape index (κ3) is 1.93. The van der Waals surface area contributed by atoms with Crippen molar-refractivity contribution in [3.8, 4) is 11.5 Å². The zero-order chi connectivity index (χ0) is 12.5. The molecule has 1 aromatic rings. The van der Waals surface area contributed by atoms with Gasteiger partial charge in [0, 0.05) is 26.2 Å². The molecule has 0 unspecified atom stereocenters. The van der Waals surface area contributed by atoms with Crippen molar-refractivity contribution < 1.29 is 9.47 Å². The first-order chi connectivity index (χ1) is 8.75. The number of rotatable bonds is 1. The zero-order valence-corrected chi connectivity index (χ0v) is 10.3. The van der Waals surface area contributed by atoms with Crippen LogP contribution < -0.4 is 25.9 Å². The van der Waals surface area contributed by atoms with E-state index in [1.54, 1.807) is 0 Å². The molecule has 0 aromatic heterocycles. The topological polar surface area (TPSA) is 77.0 Å². The van der Waals surface area contributed by atoms with Crippen molar-refractivity contribution in [3.05, 3.63) is 12.1 Å². The molecule has 0 amide bonds. The number of hydrogen-bond acceptors (Lipinski definition) is 6. The molecule has 2 heterocycles. The van der Waals surface area contributed by atoms with E-state index in [0.29, 0.717) is 13.2 Å². The highest BCUT2D eigenvalue weighted by Crippen LogP contribution is 2.43. The van der Waals surface area contributed by atoms with Gasteiger partial charge >= 0.3 is 0 Å². The van der Waals surface area contributed by atoms with Crippen molar-refractivity contribution in [3.63, 3.8) is 0 Å². The summed E-state index contributed by atoms with van der Waals surface area (Å²) in [6.45, 7) is 4.50. The molecule has 1 saturated heterocycles. The maximum Gasteiger partial charge on any atom is 0.186 e. The Kier molecular flexibility index (Phi) is 2.89. The smallest absolute Gasteiger partial charge is 0.186 e. The summed E-state index contributed by atoms with van der Waals surface area (Å²) >= 11 is 0. The van der Waals surface area contributed by atoms with Crippen LogP contribution in [0.5, 0.6) is 11.5 Å². The molecule has 0 bridgehead atoms. The molecule has 2 aliphatic rings. The van der Waals surface area contributed by atoms with Crippen molar-refractivity contribution in [2.45, 2.75) is 0 Å². The highest BCUT2D eigenvalue weighted by atomic mass is 16.6. The van der Waals surface area contributed by atoms with E-state index in [0.717, 1.165) is 49.1 Å². The van der Waals surface area contributed by atoms with Crippen molar-refractivity contribution in [1.82, 2.24) is 5.01 Å². The average Bonchev–Trinajstić information content (AvgIpc) is 2.40. The van der Waals surface area contributed by atoms with Crippen LogP contribution in [0.4, 0.5) is 11.4 Å². The van der Waals surface area contributed by atoms with E-state index in [1.165, 1.54) is 0 Å². The fourth-order valence-electron chi connectivity index (χ4n) is 2.39. The van der Waals surface area contributed by atoms with E-state index in [-0.39, 0.29) is 0 Å². The monoisotopic (exact) mass is 250 g/mol. The Bertz CT molecular complexity index is 444. The molecule has 0 atom stereocenters. The quantitative estimate of drug-likeness (QED) is 0.541. The number of hydrazine groups is 1. The minimum atomic E-state index is 0.570. The number of nitrogens with zero attached hydrogens (tertiary/aromatic N) is 2. The summed E-state index contributed by atoms with van der Waals surface area (Å²) < 4.78 is 11.3. The van der Waals surface area contributed by atoms with Crippen molar-refractivity contribution >= 4 is 11.4 Å². The molecule has 0 saturated carbocycles. The first-order valence-corrected chi connectivity index (χ1v) is 6.18. The van der Waals surface area contributed by atoms with Gasteiger partial charge in [-0.15, -0.1) is 0 Å². The second-order valence-electron chi connectivity index (χ2n) is 4.55. The second-order valence-corrected chi connectivity index (χ2v) is 4.55. The van der Waals surface area contributed by atoms with E-state index in [1.807, 2.05) is 17.1 Å². The summed E-state index contributed by atoms with van der Waals surface area (Å²) in [6.07, 6.45) is 0. The van der Waals surface area contributed by atoms with Gasteiger partial charge in [-0.2, -0.15) is 0 Å². The molecule has 98 valence electrons. The molecule has 0 spiro atoms. The number of hydrogen-bond donors (Lipinski definition) is 2. The predicted octanol–water partition coefficient (Wildman–Crippen LogP) is 0.0357. The Morgan fingerprint density at radius 1 is 1.00 bits per heavy atom. The minimum Gasteiger partial charge on any atom is -0.486 e. The molecule has 3 rings (SSSR count). The number of nitrogen functional groups attached to an aromatic ring is 1. The van der Waals surface area contributed by atoms with Crippen LogP contribution in [0.2, 0.25) is 0 Å². The van der Waals surface area contributed by atoms with Crippen LogP contribution in [0.15, 0.2) is 12.1 Å². The highest BCUT2D eigenvalue weighted by Gasteiger charge is 2.25. The molecule has 2 aliphatic heterocycles. The summed E-state index contributed by atoms with van der Waals surface area (Å²) in [7, 11) is 0. The van der Waals surface area contributed by atoms with Gasteiger partial charge in [0.25, 0.3) is 0 Å². The lowest BCUT2D eigenvalue weighted by Gasteiger charge is -2.36. The summed E-state index contributed by atoms with van der Waals surface area (Å²) in [4.78, 5) is 2.21. The Balaban J connectivity index is 1.95. The van der Waals surface area contributed by atoms with Crippen LogP contribution in [0.3, 0.4) is 0 Å². The van der Waals surface area contributed by atoms with Crippen molar-refractivity contribution in [1.29, 1.82) is 0 Å². The zero-order valence-electron chi connectivity index (χ0n) is 10.3. The maximum atomic E-state index is 6.09. The fraction of sp³-hybridized carbons (Fsp3) is 0.500. The molecule has 0 aliphatic carbocycles. The molecule has 1 fully saturated rings. The molecular formula is C12H18N4O2. The second kappa shape index (κ2) is 4.55. The van der Waals surface area contributed by atoms with E-state index >= 15 is 0 Å². The Morgan fingerprint density at radius 2 is 1.72 bits per heavy atom. The summed E-state index contributed by atoms with van der Waals surface area (Å²) in [5.74, 6) is 7.32. The van der Waals surface area contributed by atoms with Crippen molar-refractivity contribution in [2.75, 3.05) is 50.0 Å². The van der Waals surface area contributed by atoms with Crippen molar-refractivity contribution in [2.24, 2.45) is 5.84 Å². The van der Waals surface area contributed by atoms with E-state index in [4.69, 9.17) is 21.1 Å². The first kappa shape index (κ1) is 11.4. The van der Waals surface area contributed by atoms with Crippen LogP contribution >= 0.6 is 0 Å². The van der Waals surface area contributed by atoms with Gasteiger partial charge in [-0.25, -0.2) is 5.01 Å². The van der Waals surface area contributed by atoms with Gasteiger partial charge in [0.1, 0.15) is 18.9 Å². The largest absolute Gasteiger partial charge is 0.486 e. The summed E-state index contributed by atoms with van der Waals surface area (Å²) in [5, 5.41) is 1.82. The van der Waals surface area contributed by atoms with E-state index in [2.05, 4.69) is 4.90 Å². The fourth-order valence-corrected chi connectivity index (χ4v) is 2.39. The van der Waals surface area contributed by atoms with Crippen LogP contribution in [0, 0.1) is 0 Å². The number of ether oxygens (including phenoxy) is 2. The van der Waals surface area contributed by atoms with Gasteiger partial charge in [-0.1, -0.05) is 0 Å². The van der Waals surface area contributed by atoms with Crippen LogP contribution in [0.25, 0.3) is 0 Å². The molecule has 4 N–H and O–H groups in total. The Labute approximate surface area is 106 Å². The third-order valence-corrected chi connectivity index (χ3v) is 3.34. The number of nitrogens with two attached hydrogens (primary N) is 2. The summed E-state index contributed by atoms with van der Waals surface area (Å²) in [5.41, 5.74) is 7.76. The van der Waals surface area contributed by atoms with E-state index in [9.17, 15) is 0 Å². The SMILES string of the molecule is Nc1ccc2c(c1N1CCN(N)CC1)OCCO2. The molecule has 0 radical (unpaired) electrons. The minimum absolute atomic E-state index is 0.570. The van der Waals surface area contributed by atoms with E-state index < -0.39 is 0 Å². The lowest BCUT2D eigenvalue weighted by atomic mass is 10.2. The number of fused-ring (bicyclic) bond motifs is 1. The van der Waals surface area contributed by atoms with Crippen LogP contribution in [-0.2, 0) is 0 Å². The number of piperazine rings is 1. The van der Waals surface area contributed by atoms with Gasteiger partial charge < -0.3 is 20.1 Å². The highest BCUT2D eigenvalue weighted by molar-refractivity contribution is 5.79. The first-order valence-electron chi connectivity index (χ1n) is 6.18. The van der Waals surface area contributed by atoms with Crippen LogP contribution in [-0.4, -0.2) is 44.4 Å². The predicted molar refractivity (Wildman–Crippen MR) is 69.8 cm³/mol. The Morgan fingerprint density at radius 3 is 2.50 bits per heavy atom. The van der Waals surface area contributed by atoms with Gasteiger partial charge in [0.2, 0.25) is 0 Å². The summed E-state index contributed by atoms with van der Waals surface area (Å²) in [6, 6.07) is 3.74. The maximum absolute atomic E-state index is 6.09. The molecule has 6 heteroatoms. The average molecular weight is 250 g/mol. The molecule has 1 aromatic carbocycles. The molecule has 18 heavy (non-hydrogen) atoms.